The van der Waals surface area contributed by atoms with E-state index in [9.17, 15) is 4.79 Å². The maximum absolute atomic E-state index is 11.3. The molecule has 0 aliphatic heterocycles. The first-order valence-corrected chi connectivity index (χ1v) is 7.54. The van der Waals surface area contributed by atoms with Crippen LogP contribution in [0, 0.1) is 11.8 Å². The molecule has 0 N–H and O–H groups in total. The maximum atomic E-state index is 11.3. The average Bonchev–Trinajstić information content (AvgIpc) is 2.25. The summed E-state index contributed by atoms with van der Waals surface area (Å²) in [7, 11) is 0. The van der Waals surface area contributed by atoms with E-state index < -0.39 is 0 Å². The van der Waals surface area contributed by atoms with Gasteiger partial charge in [0.1, 0.15) is 0 Å². The molecular weight excluding hydrogens is 240 g/mol. The Bertz CT molecular complexity index is 243. The molecule has 114 valence electrons. The lowest BCUT2D eigenvalue weighted by Crippen LogP contribution is -2.22. The molecule has 3 nitrogen and oxygen atoms in total. The molecule has 0 aliphatic carbocycles. The third-order valence-electron chi connectivity index (χ3n) is 3.02. The Balaban J connectivity index is 3.64. The van der Waals surface area contributed by atoms with Crippen molar-refractivity contribution in [3.63, 3.8) is 0 Å². The highest BCUT2D eigenvalue weighted by Gasteiger charge is 2.14. The molecule has 0 rings (SSSR count). The second-order valence-electron chi connectivity index (χ2n) is 6.57. The third-order valence-corrected chi connectivity index (χ3v) is 3.02. The number of carbonyl (C=O) groups is 1. The number of esters is 1. The summed E-state index contributed by atoms with van der Waals surface area (Å²) in [6.07, 6.45) is 3.93. The van der Waals surface area contributed by atoms with Crippen LogP contribution >= 0.6 is 0 Å². The minimum Gasteiger partial charge on any atom is -0.466 e. The molecule has 2 atom stereocenters. The van der Waals surface area contributed by atoms with E-state index in [1.807, 2.05) is 6.92 Å². The van der Waals surface area contributed by atoms with Gasteiger partial charge in [-0.15, -0.1) is 0 Å². The van der Waals surface area contributed by atoms with E-state index in [2.05, 4.69) is 34.6 Å². The zero-order chi connectivity index (χ0) is 14.9. The van der Waals surface area contributed by atoms with E-state index in [0.29, 0.717) is 24.9 Å². The third kappa shape index (κ3) is 12.2. The summed E-state index contributed by atoms with van der Waals surface area (Å²) in [6.45, 7) is 13.7. The van der Waals surface area contributed by atoms with Crippen LogP contribution in [0.15, 0.2) is 0 Å². The Morgan fingerprint density at radius 2 is 1.68 bits per heavy atom. The lowest BCUT2D eigenvalue weighted by molar-refractivity contribution is -0.144. The average molecular weight is 272 g/mol. The van der Waals surface area contributed by atoms with E-state index in [4.69, 9.17) is 9.47 Å². The van der Waals surface area contributed by atoms with E-state index in [1.165, 1.54) is 0 Å². The standard InChI is InChI=1S/C16H32O3/c1-7-18-15(17)11-13(2)9-8-10-14(3)12-19-16(4,5)6/h13-14H,7-12H2,1-6H3. The monoisotopic (exact) mass is 272 g/mol. The van der Waals surface area contributed by atoms with Gasteiger partial charge in [-0.1, -0.05) is 26.7 Å². The van der Waals surface area contributed by atoms with Crippen LogP contribution in [0.3, 0.4) is 0 Å². The van der Waals surface area contributed by atoms with Gasteiger partial charge in [0.2, 0.25) is 0 Å². The molecule has 0 amide bonds. The molecular formula is C16H32O3. The van der Waals surface area contributed by atoms with Gasteiger partial charge in [-0.2, -0.15) is 0 Å². The molecule has 2 unspecified atom stereocenters. The van der Waals surface area contributed by atoms with Gasteiger partial charge in [-0.05, 0) is 46.0 Å². The number of carbonyl (C=O) groups excluding carboxylic acids is 1. The van der Waals surface area contributed by atoms with Crippen LogP contribution in [0.5, 0.6) is 0 Å². The summed E-state index contributed by atoms with van der Waals surface area (Å²) >= 11 is 0. The zero-order valence-electron chi connectivity index (χ0n) is 13.6. The van der Waals surface area contributed by atoms with Crippen molar-refractivity contribution in [1.29, 1.82) is 0 Å². The van der Waals surface area contributed by atoms with Gasteiger partial charge in [-0.25, -0.2) is 0 Å². The van der Waals surface area contributed by atoms with E-state index in [1.54, 1.807) is 0 Å². The van der Waals surface area contributed by atoms with Crippen molar-refractivity contribution in [2.75, 3.05) is 13.2 Å². The van der Waals surface area contributed by atoms with E-state index >= 15 is 0 Å². The Morgan fingerprint density at radius 3 is 2.21 bits per heavy atom. The van der Waals surface area contributed by atoms with Crippen LogP contribution in [0.1, 0.15) is 67.2 Å². The van der Waals surface area contributed by atoms with Crippen molar-refractivity contribution in [1.82, 2.24) is 0 Å². The minimum absolute atomic E-state index is 0.0501. The lowest BCUT2D eigenvalue weighted by Gasteiger charge is -2.22. The number of hydrogen-bond donors (Lipinski definition) is 0. The fraction of sp³-hybridized carbons (Fsp3) is 0.938. The SMILES string of the molecule is CCOC(=O)CC(C)CCCC(C)COC(C)(C)C. The lowest BCUT2D eigenvalue weighted by atomic mass is 9.97. The number of rotatable bonds is 9. The van der Waals surface area contributed by atoms with Crippen LogP contribution in [-0.4, -0.2) is 24.8 Å². The molecule has 0 aromatic heterocycles. The highest BCUT2D eigenvalue weighted by Crippen LogP contribution is 2.18. The maximum Gasteiger partial charge on any atom is 0.306 e. The van der Waals surface area contributed by atoms with Crippen molar-refractivity contribution in [2.45, 2.75) is 72.8 Å². The predicted octanol–water partition coefficient (Wildman–Crippen LogP) is 4.20. The van der Waals surface area contributed by atoms with Gasteiger partial charge in [0, 0.05) is 13.0 Å². The first kappa shape index (κ1) is 18.4. The second kappa shape index (κ2) is 9.35. The molecule has 0 aromatic carbocycles. The molecule has 0 aliphatic rings. The topological polar surface area (TPSA) is 35.5 Å². The molecule has 0 fully saturated rings. The molecule has 0 spiro atoms. The summed E-state index contributed by atoms with van der Waals surface area (Å²) in [5, 5.41) is 0. The Kier molecular flexibility index (Phi) is 9.07. The zero-order valence-corrected chi connectivity index (χ0v) is 13.6. The second-order valence-corrected chi connectivity index (χ2v) is 6.57. The summed E-state index contributed by atoms with van der Waals surface area (Å²) in [5.74, 6) is 0.919. The Labute approximate surface area is 119 Å². The predicted molar refractivity (Wildman–Crippen MR) is 79.1 cm³/mol. The summed E-state index contributed by atoms with van der Waals surface area (Å²) < 4.78 is 10.7. The molecule has 19 heavy (non-hydrogen) atoms. The van der Waals surface area contributed by atoms with Crippen LogP contribution < -0.4 is 0 Å². The fourth-order valence-electron chi connectivity index (χ4n) is 1.90. The minimum atomic E-state index is -0.0703. The molecule has 0 radical (unpaired) electrons. The highest BCUT2D eigenvalue weighted by atomic mass is 16.5. The van der Waals surface area contributed by atoms with Crippen molar-refractivity contribution < 1.29 is 14.3 Å². The van der Waals surface area contributed by atoms with Gasteiger partial charge in [-0.3, -0.25) is 4.79 Å². The molecule has 0 aromatic rings. The summed E-state index contributed by atoms with van der Waals surface area (Å²) in [6, 6.07) is 0. The van der Waals surface area contributed by atoms with Crippen molar-refractivity contribution in [3.8, 4) is 0 Å². The van der Waals surface area contributed by atoms with Crippen molar-refractivity contribution >= 4 is 5.97 Å². The van der Waals surface area contributed by atoms with Gasteiger partial charge in [0.25, 0.3) is 0 Å². The van der Waals surface area contributed by atoms with Gasteiger partial charge in [0.15, 0.2) is 0 Å². The first-order chi connectivity index (χ1) is 8.74. The van der Waals surface area contributed by atoms with Crippen molar-refractivity contribution in [3.05, 3.63) is 0 Å². The van der Waals surface area contributed by atoms with Crippen LogP contribution in [0.2, 0.25) is 0 Å². The normalized spacial score (nSPS) is 15.1. The largest absolute Gasteiger partial charge is 0.466 e. The molecule has 3 heteroatoms. The summed E-state index contributed by atoms with van der Waals surface area (Å²) in [4.78, 5) is 11.3. The molecule has 0 saturated carbocycles. The van der Waals surface area contributed by atoms with E-state index in [-0.39, 0.29) is 11.6 Å². The van der Waals surface area contributed by atoms with Gasteiger partial charge >= 0.3 is 5.97 Å². The van der Waals surface area contributed by atoms with Gasteiger partial charge in [0.05, 0.1) is 12.2 Å². The van der Waals surface area contributed by atoms with Crippen LogP contribution in [0.4, 0.5) is 0 Å². The first-order valence-electron chi connectivity index (χ1n) is 7.54. The smallest absolute Gasteiger partial charge is 0.306 e. The Hall–Kier alpha value is -0.570. The molecule has 0 heterocycles. The quantitative estimate of drug-likeness (QED) is 0.590. The van der Waals surface area contributed by atoms with Crippen LogP contribution in [-0.2, 0) is 14.3 Å². The number of hydrogen-bond acceptors (Lipinski definition) is 3. The molecule has 0 bridgehead atoms. The van der Waals surface area contributed by atoms with Gasteiger partial charge < -0.3 is 9.47 Å². The summed E-state index contributed by atoms with van der Waals surface area (Å²) in [5.41, 5.74) is -0.0501. The number of ether oxygens (including phenoxy) is 2. The highest BCUT2D eigenvalue weighted by molar-refractivity contribution is 5.69. The van der Waals surface area contributed by atoms with E-state index in [0.717, 1.165) is 25.9 Å². The van der Waals surface area contributed by atoms with Crippen molar-refractivity contribution in [2.24, 2.45) is 11.8 Å². The molecule has 0 saturated heterocycles. The Morgan fingerprint density at radius 1 is 1.11 bits per heavy atom. The fourth-order valence-corrected chi connectivity index (χ4v) is 1.90. The van der Waals surface area contributed by atoms with Crippen LogP contribution in [0.25, 0.3) is 0 Å².